The van der Waals surface area contributed by atoms with E-state index in [1.165, 1.54) is 7.11 Å². The predicted molar refractivity (Wildman–Crippen MR) is 41.4 cm³/mol. The SMILES string of the molecule is CO[C@@H]1O[C@H](CN)C[C@H](O)[C@H]1O. The average molecular weight is 177 g/mol. The van der Waals surface area contributed by atoms with E-state index in [4.69, 9.17) is 15.2 Å². The van der Waals surface area contributed by atoms with Gasteiger partial charge in [0.15, 0.2) is 6.29 Å². The highest BCUT2D eigenvalue weighted by Crippen LogP contribution is 2.19. The molecule has 1 fully saturated rings. The standard InChI is InChI=1S/C7H15NO4/c1-11-7-6(10)5(9)2-4(3-8)12-7/h4-7,9-10H,2-3,8H2,1H3/t4-,5-,6+,7+/m0/s1. The molecule has 1 aliphatic rings. The van der Waals surface area contributed by atoms with Crippen LogP contribution >= 0.6 is 0 Å². The molecule has 0 bridgehead atoms. The molecule has 1 heterocycles. The molecule has 72 valence electrons. The molecule has 1 rings (SSSR count). The first-order valence-electron chi connectivity index (χ1n) is 3.93. The summed E-state index contributed by atoms with van der Waals surface area (Å²) in [5, 5.41) is 18.6. The van der Waals surface area contributed by atoms with Gasteiger partial charge in [0.25, 0.3) is 0 Å². The zero-order valence-corrected chi connectivity index (χ0v) is 7.01. The van der Waals surface area contributed by atoms with Gasteiger partial charge in [-0.1, -0.05) is 0 Å². The number of rotatable bonds is 2. The van der Waals surface area contributed by atoms with Gasteiger partial charge in [-0.15, -0.1) is 0 Å². The maximum Gasteiger partial charge on any atom is 0.186 e. The van der Waals surface area contributed by atoms with Gasteiger partial charge in [-0.3, -0.25) is 0 Å². The minimum Gasteiger partial charge on any atom is -0.390 e. The van der Waals surface area contributed by atoms with Gasteiger partial charge in [-0.2, -0.15) is 0 Å². The fourth-order valence-electron chi connectivity index (χ4n) is 1.26. The van der Waals surface area contributed by atoms with E-state index in [9.17, 15) is 10.2 Å². The predicted octanol–water partition coefficient (Wildman–Crippen LogP) is -1.57. The summed E-state index contributed by atoms with van der Waals surface area (Å²) in [5.41, 5.74) is 5.35. The third kappa shape index (κ3) is 1.94. The minimum absolute atomic E-state index is 0.228. The van der Waals surface area contributed by atoms with Crippen LogP contribution in [-0.2, 0) is 9.47 Å². The van der Waals surface area contributed by atoms with E-state index in [0.29, 0.717) is 13.0 Å². The molecule has 0 aliphatic carbocycles. The topological polar surface area (TPSA) is 84.9 Å². The van der Waals surface area contributed by atoms with Gasteiger partial charge >= 0.3 is 0 Å². The van der Waals surface area contributed by atoms with Crippen LogP contribution in [0.1, 0.15) is 6.42 Å². The van der Waals surface area contributed by atoms with Crippen molar-refractivity contribution in [2.45, 2.75) is 31.0 Å². The van der Waals surface area contributed by atoms with Crippen molar-refractivity contribution in [2.24, 2.45) is 5.73 Å². The first kappa shape index (κ1) is 9.88. The van der Waals surface area contributed by atoms with Crippen molar-refractivity contribution in [1.29, 1.82) is 0 Å². The lowest BCUT2D eigenvalue weighted by Gasteiger charge is -2.35. The second-order valence-corrected chi connectivity index (χ2v) is 2.89. The van der Waals surface area contributed by atoms with E-state index in [-0.39, 0.29) is 6.10 Å². The van der Waals surface area contributed by atoms with Gasteiger partial charge in [0.05, 0.1) is 12.2 Å². The van der Waals surface area contributed by atoms with Gasteiger partial charge in [0, 0.05) is 20.1 Å². The van der Waals surface area contributed by atoms with E-state index in [0.717, 1.165) is 0 Å². The van der Waals surface area contributed by atoms with Crippen LogP contribution in [0.4, 0.5) is 0 Å². The summed E-state index contributed by atoms with van der Waals surface area (Å²) in [5.74, 6) is 0. The molecule has 4 atom stereocenters. The molecule has 0 radical (unpaired) electrons. The first-order chi connectivity index (χ1) is 5.69. The van der Waals surface area contributed by atoms with Crippen LogP contribution in [0.15, 0.2) is 0 Å². The number of hydrogen-bond acceptors (Lipinski definition) is 5. The van der Waals surface area contributed by atoms with Crippen LogP contribution in [0.3, 0.4) is 0 Å². The number of nitrogens with two attached hydrogens (primary N) is 1. The summed E-state index contributed by atoms with van der Waals surface area (Å²) in [6.45, 7) is 0.323. The smallest absolute Gasteiger partial charge is 0.186 e. The van der Waals surface area contributed by atoms with Gasteiger partial charge in [0.1, 0.15) is 6.10 Å². The fraction of sp³-hybridized carbons (Fsp3) is 1.00. The van der Waals surface area contributed by atoms with Crippen LogP contribution in [0.2, 0.25) is 0 Å². The number of aliphatic hydroxyl groups is 2. The molecule has 0 unspecified atom stereocenters. The molecule has 5 nitrogen and oxygen atoms in total. The number of methoxy groups -OCH3 is 1. The maximum absolute atomic E-state index is 9.32. The van der Waals surface area contributed by atoms with Crippen LogP contribution in [0, 0.1) is 0 Å². The van der Waals surface area contributed by atoms with Crippen LogP contribution in [0.5, 0.6) is 0 Å². The summed E-state index contributed by atoms with van der Waals surface area (Å²) in [7, 11) is 1.42. The van der Waals surface area contributed by atoms with E-state index >= 15 is 0 Å². The molecule has 0 aromatic heterocycles. The summed E-state index contributed by atoms with van der Waals surface area (Å²) in [4.78, 5) is 0. The summed E-state index contributed by atoms with van der Waals surface area (Å²) < 4.78 is 10.0. The highest BCUT2D eigenvalue weighted by atomic mass is 16.7. The molecule has 1 saturated heterocycles. The molecule has 5 heteroatoms. The molecular formula is C7H15NO4. The third-order valence-electron chi connectivity index (χ3n) is 2.00. The van der Waals surface area contributed by atoms with Gasteiger partial charge < -0.3 is 25.4 Å². The Labute approximate surface area is 71.1 Å². The third-order valence-corrected chi connectivity index (χ3v) is 2.00. The Morgan fingerprint density at radius 3 is 2.75 bits per heavy atom. The first-order valence-corrected chi connectivity index (χ1v) is 3.93. The van der Waals surface area contributed by atoms with Crippen molar-refractivity contribution >= 4 is 0 Å². The molecule has 12 heavy (non-hydrogen) atoms. The lowest BCUT2D eigenvalue weighted by molar-refractivity contribution is -0.255. The Balaban J connectivity index is 2.52. The zero-order chi connectivity index (χ0) is 9.14. The quantitative estimate of drug-likeness (QED) is 0.474. The second kappa shape index (κ2) is 4.15. The Bertz CT molecular complexity index is 143. The highest BCUT2D eigenvalue weighted by molar-refractivity contribution is 4.81. The molecule has 0 spiro atoms. The summed E-state index contributed by atoms with van der Waals surface area (Å²) in [6.07, 6.45) is -2.41. The lowest BCUT2D eigenvalue weighted by Crippen LogP contribution is -2.50. The fourth-order valence-corrected chi connectivity index (χ4v) is 1.26. The molecule has 0 aromatic carbocycles. The number of ether oxygens (including phenoxy) is 2. The van der Waals surface area contributed by atoms with E-state index in [2.05, 4.69) is 0 Å². The normalized spacial score (nSPS) is 43.0. The van der Waals surface area contributed by atoms with Crippen molar-refractivity contribution in [1.82, 2.24) is 0 Å². The van der Waals surface area contributed by atoms with Gasteiger partial charge in [0.2, 0.25) is 0 Å². The van der Waals surface area contributed by atoms with Crippen LogP contribution in [0.25, 0.3) is 0 Å². The number of hydrogen-bond donors (Lipinski definition) is 3. The summed E-state index contributed by atoms with van der Waals surface area (Å²) in [6, 6.07) is 0. The van der Waals surface area contributed by atoms with Crippen LogP contribution < -0.4 is 5.73 Å². The molecular weight excluding hydrogens is 162 g/mol. The van der Waals surface area contributed by atoms with Gasteiger partial charge in [-0.25, -0.2) is 0 Å². The molecule has 0 amide bonds. The average Bonchev–Trinajstić information content (AvgIpc) is 2.09. The van der Waals surface area contributed by atoms with Crippen molar-refractivity contribution in [3.05, 3.63) is 0 Å². The van der Waals surface area contributed by atoms with Crippen molar-refractivity contribution < 1.29 is 19.7 Å². The second-order valence-electron chi connectivity index (χ2n) is 2.89. The Morgan fingerprint density at radius 1 is 1.58 bits per heavy atom. The maximum atomic E-state index is 9.32. The summed E-state index contributed by atoms with van der Waals surface area (Å²) >= 11 is 0. The monoisotopic (exact) mass is 177 g/mol. The Kier molecular flexibility index (Phi) is 3.42. The van der Waals surface area contributed by atoms with E-state index in [1.807, 2.05) is 0 Å². The Hall–Kier alpha value is -0.200. The molecule has 1 aliphatic heterocycles. The van der Waals surface area contributed by atoms with Gasteiger partial charge in [-0.05, 0) is 0 Å². The van der Waals surface area contributed by atoms with Crippen molar-refractivity contribution in [3.8, 4) is 0 Å². The lowest BCUT2D eigenvalue weighted by atomic mass is 10.0. The highest BCUT2D eigenvalue weighted by Gasteiger charge is 2.35. The van der Waals surface area contributed by atoms with Crippen LogP contribution in [-0.4, -0.2) is 48.5 Å². The number of aliphatic hydroxyl groups excluding tert-OH is 2. The molecule has 4 N–H and O–H groups in total. The van der Waals surface area contributed by atoms with Crippen molar-refractivity contribution in [3.63, 3.8) is 0 Å². The minimum atomic E-state index is -0.974. The molecule has 0 aromatic rings. The molecule has 0 saturated carbocycles. The largest absolute Gasteiger partial charge is 0.390 e. The Morgan fingerprint density at radius 2 is 2.25 bits per heavy atom. The zero-order valence-electron chi connectivity index (χ0n) is 7.01. The van der Waals surface area contributed by atoms with E-state index < -0.39 is 18.5 Å². The van der Waals surface area contributed by atoms with E-state index in [1.54, 1.807) is 0 Å². The van der Waals surface area contributed by atoms with Crippen molar-refractivity contribution in [2.75, 3.05) is 13.7 Å².